The molecule has 1 atom stereocenters. The quantitative estimate of drug-likeness (QED) is 0.290. The predicted molar refractivity (Wildman–Crippen MR) is 115 cm³/mol. The minimum Gasteiger partial charge on any atom is -0.462 e. The Morgan fingerprint density at radius 3 is 2.81 bits per heavy atom. The van der Waals surface area contributed by atoms with Crippen molar-refractivity contribution in [1.82, 2.24) is 14.8 Å². The zero-order valence-electron chi connectivity index (χ0n) is 16.6. The fourth-order valence-corrected chi connectivity index (χ4v) is 3.81. The van der Waals surface area contributed by atoms with Gasteiger partial charge >= 0.3 is 12.1 Å². The number of rotatable bonds is 8. The number of esters is 1. The fraction of sp³-hybridized carbons (Fsp3) is 0.350. The molecule has 0 aliphatic rings. The SMILES string of the molecule is CCOC(=O)c1cnn(Cc2nc(-c3cc(CCC(N)S)cc(C(F)(F)F)c3)cs2)c1. The highest BCUT2D eigenvalue weighted by Crippen LogP contribution is 2.34. The molecule has 2 N–H and O–H groups in total. The maximum absolute atomic E-state index is 13.4. The molecule has 2 aromatic heterocycles. The maximum Gasteiger partial charge on any atom is 0.416 e. The van der Waals surface area contributed by atoms with Crippen molar-refractivity contribution in [3.63, 3.8) is 0 Å². The summed E-state index contributed by atoms with van der Waals surface area (Å²) in [6, 6.07) is 3.92. The second-order valence-corrected chi connectivity index (χ2v) is 8.40. The van der Waals surface area contributed by atoms with Gasteiger partial charge in [-0.3, -0.25) is 4.68 Å². The molecule has 31 heavy (non-hydrogen) atoms. The standard InChI is InChI=1S/C20H21F3N4O2S2/c1-2-29-19(28)14-8-25-27(9-14)10-18-26-16(11-31-18)13-5-12(3-4-17(24)30)6-15(7-13)20(21,22)23/h5-9,11,17,30H,2-4,10,24H2,1H3. The van der Waals surface area contributed by atoms with Gasteiger partial charge in [0.25, 0.3) is 0 Å². The van der Waals surface area contributed by atoms with Crippen LogP contribution in [0.25, 0.3) is 11.3 Å². The molecule has 0 radical (unpaired) electrons. The number of thiol groups is 1. The van der Waals surface area contributed by atoms with Crippen LogP contribution in [0.15, 0.2) is 36.0 Å². The van der Waals surface area contributed by atoms with Crippen molar-refractivity contribution in [2.75, 3.05) is 6.61 Å². The molecule has 0 spiro atoms. The lowest BCUT2D eigenvalue weighted by molar-refractivity contribution is -0.137. The number of aromatic nitrogens is 3. The Morgan fingerprint density at radius 1 is 1.35 bits per heavy atom. The Labute approximate surface area is 186 Å². The first-order valence-electron chi connectivity index (χ1n) is 9.45. The van der Waals surface area contributed by atoms with Gasteiger partial charge in [0.1, 0.15) is 5.01 Å². The van der Waals surface area contributed by atoms with E-state index >= 15 is 0 Å². The van der Waals surface area contributed by atoms with E-state index in [9.17, 15) is 18.0 Å². The molecule has 2 heterocycles. The van der Waals surface area contributed by atoms with Crippen LogP contribution in [0.2, 0.25) is 0 Å². The number of thiazole rings is 1. The number of aryl methyl sites for hydroxylation is 1. The molecule has 0 bridgehead atoms. The van der Waals surface area contributed by atoms with Gasteiger partial charge in [0.15, 0.2) is 0 Å². The summed E-state index contributed by atoms with van der Waals surface area (Å²) in [6.45, 7) is 2.26. The molecule has 0 fully saturated rings. The van der Waals surface area contributed by atoms with Gasteiger partial charge in [-0.05, 0) is 43.5 Å². The molecule has 166 valence electrons. The van der Waals surface area contributed by atoms with Gasteiger partial charge in [-0.1, -0.05) is 0 Å². The van der Waals surface area contributed by atoms with Crippen LogP contribution in [0.3, 0.4) is 0 Å². The van der Waals surface area contributed by atoms with Gasteiger partial charge in [0.05, 0.1) is 36.2 Å². The van der Waals surface area contributed by atoms with Crippen LogP contribution in [0.1, 0.15) is 39.8 Å². The third kappa shape index (κ3) is 6.31. The summed E-state index contributed by atoms with van der Waals surface area (Å²) in [7, 11) is 0. The number of ether oxygens (including phenoxy) is 1. The largest absolute Gasteiger partial charge is 0.462 e. The highest BCUT2D eigenvalue weighted by molar-refractivity contribution is 7.80. The first-order valence-corrected chi connectivity index (χ1v) is 10.8. The Hall–Kier alpha value is -2.37. The van der Waals surface area contributed by atoms with Gasteiger partial charge in [-0.2, -0.15) is 30.9 Å². The molecular weight excluding hydrogens is 449 g/mol. The number of halogens is 3. The number of carbonyl (C=O) groups is 1. The van der Waals surface area contributed by atoms with Crippen molar-refractivity contribution < 1.29 is 22.7 Å². The van der Waals surface area contributed by atoms with Crippen LogP contribution in [-0.4, -0.2) is 32.7 Å². The molecule has 0 aliphatic heterocycles. The molecule has 0 aliphatic carbocycles. The van der Waals surface area contributed by atoms with Crippen molar-refractivity contribution in [3.8, 4) is 11.3 Å². The zero-order valence-corrected chi connectivity index (χ0v) is 18.3. The van der Waals surface area contributed by atoms with Crippen LogP contribution in [0.5, 0.6) is 0 Å². The second kappa shape index (κ2) is 9.84. The summed E-state index contributed by atoms with van der Waals surface area (Å²) >= 11 is 5.39. The lowest BCUT2D eigenvalue weighted by Crippen LogP contribution is -2.13. The van der Waals surface area contributed by atoms with E-state index in [2.05, 4.69) is 22.7 Å². The Balaban J connectivity index is 1.82. The lowest BCUT2D eigenvalue weighted by Gasteiger charge is -2.12. The van der Waals surface area contributed by atoms with Crippen molar-refractivity contribution in [2.24, 2.45) is 5.73 Å². The zero-order chi connectivity index (χ0) is 22.6. The van der Waals surface area contributed by atoms with Gasteiger partial charge in [0.2, 0.25) is 0 Å². The lowest BCUT2D eigenvalue weighted by atomic mass is 10.0. The van der Waals surface area contributed by atoms with E-state index in [0.717, 1.165) is 12.1 Å². The molecule has 3 rings (SSSR count). The summed E-state index contributed by atoms with van der Waals surface area (Å²) in [4.78, 5) is 16.2. The molecule has 0 saturated carbocycles. The first-order chi connectivity index (χ1) is 14.7. The van der Waals surface area contributed by atoms with Crippen molar-refractivity contribution in [2.45, 2.75) is 37.9 Å². The van der Waals surface area contributed by atoms with E-state index in [4.69, 9.17) is 10.5 Å². The normalized spacial score (nSPS) is 12.7. The molecule has 3 aromatic rings. The van der Waals surface area contributed by atoms with E-state index in [0.29, 0.717) is 40.2 Å². The average molecular weight is 471 g/mol. The maximum atomic E-state index is 13.4. The minimum atomic E-state index is -4.47. The van der Waals surface area contributed by atoms with Crippen molar-refractivity contribution >= 4 is 29.9 Å². The van der Waals surface area contributed by atoms with Crippen LogP contribution in [-0.2, 0) is 23.9 Å². The summed E-state index contributed by atoms with van der Waals surface area (Å²) in [5.41, 5.74) is 6.57. The topological polar surface area (TPSA) is 83.0 Å². The number of hydrogen-bond donors (Lipinski definition) is 2. The third-order valence-electron chi connectivity index (χ3n) is 4.34. The van der Waals surface area contributed by atoms with E-state index in [1.165, 1.54) is 22.2 Å². The van der Waals surface area contributed by atoms with E-state index < -0.39 is 23.1 Å². The summed E-state index contributed by atoms with van der Waals surface area (Å²) < 4.78 is 46.6. The molecule has 1 unspecified atom stereocenters. The molecule has 1 aromatic carbocycles. The summed E-state index contributed by atoms with van der Waals surface area (Å²) in [6.07, 6.45) is -0.693. The molecule has 6 nitrogen and oxygen atoms in total. The van der Waals surface area contributed by atoms with Crippen molar-refractivity contribution in [3.05, 3.63) is 57.7 Å². The van der Waals surface area contributed by atoms with E-state index in [1.54, 1.807) is 24.6 Å². The third-order valence-corrected chi connectivity index (χ3v) is 5.43. The number of alkyl halides is 3. The smallest absolute Gasteiger partial charge is 0.416 e. The predicted octanol–water partition coefficient (Wildman–Crippen LogP) is 4.40. The number of nitrogens with zero attached hydrogens (tertiary/aromatic N) is 3. The van der Waals surface area contributed by atoms with Crippen LogP contribution < -0.4 is 5.73 Å². The molecule has 0 saturated heterocycles. The van der Waals surface area contributed by atoms with Crippen LogP contribution >= 0.6 is 24.0 Å². The van der Waals surface area contributed by atoms with Crippen LogP contribution in [0, 0.1) is 0 Å². The van der Waals surface area contributed by atoms with Gasteiger partial charge in [-0.15, -0.1) is 11.3 Å². The monoisotopic (exact) mass is 470 g/mol. The Morgan fingerprint density at radius 2 is 2.13 bits per heavy atom. The fourth-order valence-electron chi connectivity index (χ4n) is 2.89. The van der Waals surface area contributed by atoms with Gasteiger partial charge in [-0.25, -0.2) is 9.78 Å². The Kier molecular flexibility index (Phi) is 7.39. The number of nitrogens with two attached hydrogens (primary N) is 1. The molecule has 0 amide bonds. The highest BCUT2D eigenvalue weighted by atomic mass is 32.1. The Bertz CT molecular complexity index is 1050. The summed E-state index contributed by atoms with van der Waals surface area (Å²) in [5, 5.41) is 6.05. The van der Waals surface area contributed by atoms with E-state index in [1.807, 2.05) is 0 Å². The highest BCUT2D eigenvalue weighted by Gasteiger charge is 2.31. The first kappa shape index (κ1) is 23.3. The van der Waals surface area contributed by atoms with Crippen molar-refractivity contribution in [1.29, 1.82) is 0 Å². The van der Waals surface area contributed by atoms with Crippen LogP contribution in [0.4, 0.5) is 13.2 Å². The van der Waals surface area contributed by atoms with Gasteiger partial charge < -0.3 is 10.5 Å². The summed E-state index contributed by atoms with van der Waals surface area (Å²) in [5.74, 6) is -0.467. The van der Waals surface area contributed by atoms with Gasteiger partial charge in [0, 0.05) is 22.5 Å². The minimum absolute atomic E-state index is 0.263. The second-order valence-electron chi connectivity index (χ2n) is 6.80. The molecule has 11 heteroatoms. The number of carbonyl (C=O) groups excluding carboxylic acids is 1. The number of benzene rings is 1. The molecular formula is C20H21F3N4O2S2. The number of hydrogen-bond acceptors (Lipinski definition) is 7. The average Bonchev–Trinajstić information content (AvgIpc) is 3.36. The van der Waals surface area contributed by atoms with E-state index in [-0.39, 0.29) is 13.2 Å².